The minimum absolute atomic E-state index is 0.130. The van der Waals surface area contributed by atoms with Gasteiger partial charge in [-0.3, -0.25) is 9.59 Å². The molecule has 1 aliphatic rings. The van der Waals surface area contributed by atoms with Gasteiger partial charge in [-0.1, -0.05) is 35.9 Å². The topological polar surface area (TPSA) is 78.0 Å². The Hall–Kier alpha value is -4.17. The molecule has 2 aromatic carbocycles. The highest BCUT2D eigenvalue weighted by atomic mass is 35.5. The predicted molar refractivity (Wildman–Crippen MR) is 138 cm³/mol. The van der Waals surface area contributed by atoms with E-state index in [1.54, 1.807) is 28.6 Å². The monoisotopic (exact) mass is 498 g/mol. The van der Waals surface area contributed by atoms with Crippen LogP contribution in [-0.2, 0) is 24.3 Å². The van der Waals surface area contributed by atoms with Crippen LogP contribution in [0.1, 0.15) is 16.8 Å². The van der Waals surface area contributed by atoms with Crippen LogP contribution < -0.4 is 5.56 Å². The van der Waals surface area contributed by atoms with E-state index >= 15 is 0 Å². The maximum Gasteiger partial charge on any atom is 0.280 e. The summed E-state index contributed by atoms with van der Waals surface area (Å²) in [4.78, 5) is 28.8. The van der Waals surface area contributed by atoms with Gasteiger partial charge in [-0.2, -0.15) is 10.2 Å². The Bertz CT molecular complexity index is 1650. The number of aryl methyl sites for hydroxylation is 1. The molecule has 0 saturated carbocycles. The molecular weight excluding hydrogens is 476 g/mol. The summed E-state index contributed by atoms with van der Waals surface area (Å²) in [5.74, 6) is 0.450. The minimum atomic E-state index is -0.356. The molecule has 1 aliphatic heterocycles. The third-order valence-electron chi connectivity index (χ3n) is 6.61. The van der Waals surface area contributed by atoms with Crippen LogP contribution in [0, 0.1) is 6.92 Å². The van der Waals surface area contributed by atoms with Crippen LogP contribution in [0.5, 0.6) is 0 Å². The van der Waals surface area contributed by atoms with Crippen molar-refractivity contribution in [2.45, 2.75) is 26.4 Å². The molecule has 6 rings (SSSR count). The normalized spacial score (nSPS) is 13.2. The Morgan fingerprint density at radius 1 is 0.972 bits per heavy atom. The van der Waals surface area contributed by atoms with Crippen molar-refractivity contribution in [2.75, 3.05) is 6.54 Å². The van der Waals surface area contributed by atoms with Crippen molar-refractivity contribution < 1.29 is 4.79 Å². The molecule has 36 heavy (non-hydrogen) atoms. The average molecular weight is 499 g/mol. The molecule has 0 radical (unpaired) electrons. The van der Waals surface area contributed by atoms with Gasteiger partial charge in [0, 0.05) is 30.5 Å². The second kappa shape index (κ2) is 8.80. The first-order valence-electron chi connectivity index (χ1n) is 11.7. The van der Waals surface area contributed by atoms with E-state index in [-0.39, 0.29) is 18.0 Å². The Kier molecular flexibility index (Phi) is 5.45. The van der Waals surface area contributed by atoms with E-state index in [2.05, 4.69) is 11.2 Å². The number of halogens is 1. The van der Waals surface area contributed by atoms with E-state index in [0.29, 0.717) is 40.5 Å². The quantitative estimate of drug-likeness (QED) is 0.376. The van der Waals surface area contributed by atoms with Gasteiger partial charge in [0.05, 0.1) is 11.4 Å². The van der Waals surface area contributed by atoms with E-state index < -0.39 is 0 Å². The number of amides is 1. The third kappa shape index (κ3) is 3.79. The van der Waals surface area contributed by atoms with Crippen LogP contribution in [-0.4, -0.2) is 41.5 Å². The third-order valence-corrected chi connectivity index (χ3v) is 6.86. The van der Waals surface area contributed by atoms with Gasteiger partial charge in [-0.15, -0.1) is 0 Å². The lowest BCUT2D eigenvalue weighted by molar-refractivity contribution is -0.133. The fourth-order valence-electron chi connectivity index (χ4n) is 4.78. The van der Waals surface area contributed by atoms with Crippen molar-refractivity contribution in [3.63, 3.8) is 0 Å². The van der Waals surface area contributed by atoms with Crippen LogP contribution in [0.3, 0.4) is 0 Å². The highest BCUT2D eigenvalue weighted by Crippen LogP contribution is 2.25. The number of aromatic nitrogens is 5. The molecule has 0 N–H and O–H groups in total. The summed E-state index contributed by atoms with van der Waals surface area (Å²) in [6.07, 6.45) is 4.52. The molecular formula is C27H23ClN6O2. The smallest absolute Gasteiger partial charge is 0.280 e. The van der Waals surface area contributed by atoms with Gasteiger partial charge in [-0.05, 0) is 60.9 Å². The second-order valence-electron chi connectivity index (χ2n) is 8.91. The summed E-state index contributed by atoms with van der Waals surface area (Å²) in [5, 5.41) is 10.2. The van der Waals surface area contributed by atoms with Gasteiger partial charge in [0.1, 0.15) is 17.4 Å². The molecule has 8 nitrogen and oxygen atoms in total. The lowest BCUT2D eigenvalue weighted by Gasteiger charge is -2.29. The van der Waals surface area contributed by atoms with E-state index in [0.717, 1.165) is 17.7 Å². The molecule has 0 spiro atoms. The summed E-state index contributed by atoms with van der Waals surface area (Å²) in [6, 6.07) is 19.2. The van der Waals surface area contributed by atoms with Crippen molar-refractivity contribution in [1.29, 1.82) is 0 Å². The van der Waals surface area contributed by atoms with Crippen LogP contribution in [0.2, 0.25) is 5.02 Å². The molecule has 0 saturated heterocycles. The lowest BCUT2D eigenvalue weighted by Crippen LogP contribution is -2.40. The second-order valence-corrected chi connectivity index (χ2v) is 9.34. The maximum absolute atomic E-state index is 13.8. The van der Waals surface area contributed by atoms with Gasteiger partial charge < -0.3 is 9.47 Å². The first kappa shape index (κ1) is 22.3. The molecule has 0 fully saturated rings. The number of carbonyl (C=O) groups is 1. The van der Waals surface area contributed by atoms with Gasteiger partial charge >= 0.3 is 0 Å². The zero-order valence-corrected chi connectivity index (χ0v) is 20.4. The van der Waals surface area contributed by atoms with Crippen molar-refractivity contribution in [1.82, 2.24) is 29.0 Å². The molecule has 0 unspecified atom stereocenters. The summed E-state index contributed by atoms with van der Waals surface area (Å²) in [5.41, 5.74) is 3.87. The first-order chi connectivity index (χ1) is 17.5. The molecule has 4 heterocycles. The van der Waals surface area contributed by atoms with E-state index in [9.17, 15) is 9.59 Å². The van der Waals surface area contributed by atoms with Crippen LogP contribution >= 0.6 is 11.6 Å². The van der Waals surface area contributed by atoms with Gasteiger partial charge in [-0.25, -0.2) is 9.36 Å². The van der Waals surface area contributed by atoms with Crippen LogP contribution in [0.4, 0.5) is 0 Å². The first-order valence-corrected chi connectivity index (χ1v) is 12.1. The van der Waals surface area contributed by atoms with E-state index in [4.69, 9.17) is 16.7 Å². The fraction of sp³-hybridized carbons (Fsp3) is 0.185. The zero-order chi connectivity index (χ0) is 24.8. The number of hydrogen-bond acceptors (Lipinski definition) is 4. The maximum atomic E-state index is 13.8. The number of benzene rings is 2. The number of hydrogen-bond donors (Lipinski definition) is 0. The highest BCUT2D eigenvalue weighted by Gasteiger charge is 2.25. The minimum Gasteiger partial charge on any atom is -0.336 e. The van der Waals surface area contributed by atoms with Gasteiger partial charge in [0.2, 0.25) is 5.91 Å². The summed E-state index contributed by atoms with van der Waals surface area (Å²) in [6.45, 7) is 2.83. The van der Waals surface area contributed by atoms with Crippen molar-refractivity contribution in [3.05, 3.63) is 105 Å². The largest absolute Gasteiger partial charge is 0.336 e. The number of fused-ring (bicyclic) bond motifs is 2. The molecule has 0 aliphatic carbocycles. The van der Waals surface area contributed by atoms with E-state index in [1.165, 1.54) is 10.2 Å². The fourth-order valence-corrected chi connectivity index (χ4v) is 4.91. The lowest BCUT2D eigenvalue weighted by atomic mass is 10.00. The predicted octanol–water partition coefficient (Wildman–Crippen LogP) is 3.92. The molecule has 5 aromatic rings. The SMILES string of the molecule is Cc1nn(CC(=O)N2CCc3ccccc3C2)c(=O)c2c(-n3cccc3)n(-c3ccc(Cl)cc3)nc12. The van der Waals surface area contributed by atoms with Crippen LogP contribution in [0.15, 0.2) is 77.9 Å². The van der Waals surface area contributed by atoms with Crippen molar-refractivity contribution in [3.8, 4) is 11.5 Å². The Morgan fingerprint density at radius 2 is 1.69 bits per heavy atom. The molecule has 180 valence electrons. The molecule has 0 atom stereocenters. The Balaban J connectivity index is 1.43. The average Bonchev–Trinajstić information content (AvgIpc) is 3.56. The summed E-state index contributed by atoms with van der Waals surface area (Å²) >= 11 is 6.09. The van der Waals surface area contributed by atoms with Crippen molar-refractivity contribution in [2.24, 2.45) is 0 Å². The number of rotatable bonds is 4. The molecule has 0 bridgehead atoms. The highest BCUT2D eigenvalue weighted by molar-refractivity contribution is 6.30. The van der Waals surface area contributed by atoms with Gasteiger partial charge in [0.25, 0.3) is 5.56 Å². The molecule has 3 aromatic heterocycles. The zero-order valence-electron chi connectivity index (χ0n) is 19.6. The van der Waals surface area contributed by atoms with Crippen LogP contribution in [0.25, 0.3) is 22.4 Å². The summed E-state index contributed by atoms with van der Waals surface area (Å²) in [7, 11) is 0. The number of carbonyl (C=O) groups excluding carboxylic acids is 1. The molecule has 9 heteroatoms. The summed E-state index contributed by atoms with van der Waals surface area (Å²) < 4.78 is 4.82. The van der Waals surface area contributed by atoms with E-state index in [1.807, 2.05) is 59.4 Å². The van der Waals surface area contributed by atoms with Crippen molar-refractivity contribution >= 4 is 28.4 Å². The molecule has 1 amide bonds. The Labute approximate surface area is 211 Å². The Morgan fingerprint density at radius 3 is 2.44 bits per heavy atom. The van der Waals surface area contributed by atoms with Gasteiger partial charge in [0.15, 0.2) is 5.82 Å². The standard InChI is InChI=1S/C27H23ClN6O2/c1-18-25-24(26(31-13-4-5-14-31)34(30-25)22-10-8-21(28)9-11-22)27(36)33(29-18)17-23(35)32-15-12-19-6-2-3-7-20(19)16-32/h2-11,13-14H,12,15-17H2,1H3. The number of nitrogens with zero attached hydrogens (tertiary/aromatic N) is 6.